The highest BCUT2D eigenvalue weighted by Crippen LogP contribution is 2.18. The zero-order valence-electron chi connectivity index (χ0n) is 6.27. The van der Waals surface area contributed by atoms with E-state index in [1.807, 2.05) is 0 Å². The molecule has 0 unspecified atom stereocenters. The van der Waals surface area contributed by atoms with Crippen LogP contribution >= 0.6 is 0 Å². The highest BCUT2D eigenvalue weighted by Gasteiger charge is 2.12. The Bertz CT molecular complexity index is 449. The number of nitriles is 1. The molecule has 0 N–H and O–H groups in total. The highest BCUT2D eigenvalue weighted by molar-refractivity contribution is 7.81. The average Bonchev–Trinajstić information content (AvgIpc) is 2.02. The summed E-state index contributed by atoms with van der Waals surface area (Å²) in [6.45, 7) is 0. The lowest BCUT2D eigenvalue weighted by atomic mass is 10.2. The second kappa shape index (κ2) is 3.41. The molecule has 0 aromatic heterocycles. The molecule has 0 aliphatic rings. The van der Waals surface area contributed by atoms with Crippen LogP contribution in [0.4, 0.5) is 3.89 Å². The van der Waals surface area contributed by atoms with Gasteiger partial charge in [-0.15, -0.1) is 0 Å². The number of halogens is 1. The second-order valence-electron chi connectivity index (χ2n) is 2.08. The number of hydrogen-bond donors (Lipinski definition) is 0. The molecule has 1 aromatic carbocycles. The predicted octanol–water partition coefficient (Wildman–Crippen LogP) is 1.15. The van der Waals surface area contributed by atoms with Crippen molar-refractivity contribution >= 4 is 10.5 Å². The van der Waals surface area contributed by atoms with Gasteiger partial charge in [-0.3, -0.25) is 0 Å². The van der Waals surface area contributed by atoms with Gasteiger partial charge in [0.25, 0.3) is 0 Å². The molecule has 4 nitrogen and oxygen atoms in total. The number of hydrogen-bond acceptors (Lipinski definition) is 4. The number of benzene rings is 1. The van der Waals surface area contributed by atoms with Crippen molar-refractivity contribution in [2.45, 2.75) is 0 Å². The second-order valence-corrected chi connectivity index (χ2v) is 3.04. The van der Waals surface area contributed by atoms with Crippen molar-refractivity contribution in [2.75, 3.05) is 0 Å². The zero-order valence-corrected chi connectivity index (χ0v) is 7.08. The van der Waals surface area contributed by atoms with Crippen molar-refractivity contribution in [3.8, 4) is 11.8 Å². The Balaban J connectivity index is 3.10. The largest absolute Gasteiger partial charge is 0.488 e. The van der Waals surface area contributed by atoms with Crippen molar-refractivity contribution < 1.29 is 16.5 Å². The van der Waals surface area contributed by atoms with Crippen LogP contribution in [-0.2, 0) is 10.5 Å². The van der Waals surface area contributed by atoms with Gasteiger partial charge in [0.1, 0.15) is 6.07 Å². The number of rotatable bonds is 2. The summed E-state index contributed by atoms with van der Waals surface area (Å²) in [5.41, 5.74) is -0.0382. The molecule has 0 saturated heterocycles. The normalized spacial score (nSPS) is 10.5. The first-order valence-electron chi connectivity index (χ1n) is 3.16. The molecule has 0 radical (unpaired) electrons. The van der Waals surface area contributed by atoms with Gasteiger partial charge in [-0.1, -0.05) is 16.0 Å². The molecule has 0 atom stereocenters. The van der Waals surface area contributed by atoms with E-state index in [9.17, 15) is 12.3 Å². The molecule has 1 aromatic rings. The Kier molecular flexibility index (Phi) is 2.49. The first-order chi connectivity index (χ1) is 6.03. The smallest absolute Gasteiger partial charge is 0.357 e. The van der Waals surface area contributed by atoms with Gasteiger partial charge in [0, 0.05) is 0 Å². The molecule has 0 aliphatic carbocycles. The Hall–Kier alpha value is -1.61. The first-order valence-corrected chi connectivity index (χ1v) is 4.47. The Morgan fingerprint density at radius 2 is 2.00 bits per heavy atom. The maximum atomic E-state index is 12.0. The molecule has 68 valence electrons. The van der Waals surface area contributed by atoms with E-state index in [-0.39, 0.29) is 11.3 Å². The Morgan fingerprint density at radius 1 is 1.38 bits per heavy atom. The molecule has 0 heterocycles. The first kappa shape index (κ1) is 9.48. The van der Waals surface area contributed by atoms with Crippen LogP contribution in [0.1, 0.15) is 5.56 Å². The molecule has 1 rings (SSSR count). The number of para-hydroxylation sites is 1. The lowest BCUT2D eigenvalue weighted by Crippen LogP contribution is -2.02. The maximum absolute atomic E-state index is 12.0. The summed E-state index contributed by atoms with van der Waals surface area (Å²) < 4.78 is 36.1. The van der Waals surface area contributed by atoms with Crippen LogP contribution in [0.2, 0.25) is 0 Å². The highest BCUT2D eigenvalue weighted by atomic mass is 32.3. The Morgan fingerprint density at radius 3 is 2.54 bits per heavy atom. The van der Waals surface area contributed by atoms with Gasteiger partial charge in [-0.05, 0) is 12.1 Å². The van der Waals surface area contributed by atoms with Gasteiger partial charge in [0.2, 0.25) is 0 Å². The molecule has 6 heteroatoms. The fourth-order valence-corrected chi connectivity index (χ4v) is 1.10. The van der Waals surface area contributed by atoms with Crippen LogP contribution in [-0.4, -0.2) is 8.42 Å². The quantitative estimate of drug-likeness (QED) is 0.673. The van der Waals surface area contributed by atoms with Gasteiger partial charge in [0.05, 0.1) is 5.56 Å². The molecular weight excluding hydrogens is 197 g/mol. The van der Waals surface area contributed by atoms with Crippen molar-refractivity contribution in [2.24, 2.45) is 0 Å². The van der Waals surface area contributed by atoms with Crippen molar-refractivity contribution in [3.63, 3.8) is 0 Å². The van der Waals surface area contributed by atoms with E-state index in [2.05, 4.69) is 4.18 Å². The van der Waals surface area contributed by atoms with Crippen LogP contribution in [0.15, 0.2) is 24.3 Å². The summed E-state index contributed by atoms with van der Waals surface area (Å²) in [6.07, 6.45) is 0. The van der Waals surface area contributed by atoms with Crippen LogP contribution in [0.3, 0.4) is 0 Å². The molecule has 0 spiro atoms. The summed E-state index contributed by atoms with van der Waals surface area (Å²) in [7, 11) is -5.06. The standard InChI is InChI=1S/C7H4FNO3S/c8-13(10,11)12-7-4-2-1-3-6(7)5-9/h1-4H. The fraction of sp³-hybridized carbons (Fsp3) is 0. The van der Waals surface area contributed by atoms with E-state index in [1.165, 1.54) is 24.3 Å². The molecule has 0 bridgehead atoms. The summed E-state index contributed by atoms with van der Waals surface area (Å²) in [4.78, 5) is 0. The molecule has 0 saturated carbocycles. The molecule has 0 aliphatic heterocycles. The van der Waals surface area contributed by atoms with E-state index < -0.39 is 10.5 Å². The molecule has 13 heavy (non-hydrogen) atoms. The summed E-state index contributed by atoms with van der Waals surface area (Å²) in [5, 5.41) is 8.47. The zero-order chi connectivity index (χ0) is 9.90. The third kappa shape index (κ3) is 2.72. The SMILES string of the molecule is N#Cc1ccccc1OS(=O)(=O)F. The maximum Gasteiger partial charge on any atom is 0.488 e. The fourth-order valence-electron chi connectivity index (χ4n) is 0.739. The molecule has 0 fully saturated rings. The van der Waals surface area contributed by atoms with E-state index >= 15 is 0 Å². The topological polar surface area (TPSA) is 67.2 Å². The van der Waals surface area contributed by atoms with E-state index in [1.54, 1.807) is 6.07 Å². The lowest BCUT2D eigenvalue weighted by Gasteiger charge is -2.00. The van der Waals surface area contributed by atoms with Crippen molar-refractivity contribution in [1.82, 2.24) is 0 Å². The monoisotopic (exact) mass is 201 g/mol. The van der Waals surface area contributed by atoms with E-state index in [0.717, 1.165) is 0 Å². The van der Waals surface area contributed by atoms with Crippen molar-refractivity contribution in [1.29, 1.82) is 5.26 Å². The van der Waals surface area contributed by atoms with Crippen LogP contribution in [0, 0.1) is 11.3 Å². The minimum atomic E-state index is -5.06. The lowest BCUT2D eigenvalue weighted by molar-refractivity contribution is 0.439. The summed E-state index contributed by atoms with van der Waals surface area (Å²) >= 11 is 0. The molecule has 0 amide bonds. The average molecular weight is 201 g/mol. The third-order valence-electron chi connectivity index (χ3n) is 1.20. The Labute approximate surface area is 74.6 Å². The number of nitrogens with zero attached hydrogens (tertiary/aromatic N) is 1. The van der Waals surface area contributed by atoms with Crippen LogP contribution in [0.5, 0.6) is 5.75 Å². The van der Waals surface area contributed by atoms with Gasteiger partial charge < -0.3 is 4.18 Å². The summed E-state index contributed by atoms with van der Waals surface area (Å²) in [5.74, 6) is -0.312. The van der Waals surface area contributed by atoms with Gasteiger partial charge >= 0.3 is 10.5 Å². The van der Waals surface area contributed by atoms with E-state index in [0.29, 0.717) is 0 Å². The van der Waals surface area contributed by atoms with Gasteiger partial charge in [-0.2, -0.15) is 13.7 Å². The third-order valence-corrected chi connectivity index (χ3v) is 1.58. The van der Waals surface area contributed by atoms with Gasteiger partial charge in [-0.25, -0.2) is 0 Å². The minimum Gasteiger partial charge on any atom is -0.357 e. The van der Waals surface area contributed by atoms with Crippen LogP contribution < -0.4 is 4.18 Å². The summed E-state index contributed by atoms with van der Waals surface area (Å²) in [6, 6.07) is 7.11. The molecular formula is C7H4FNO3S. The van der Waals surface area contributed by atoms with Crippen molar-refractivity contribution in [3.05, 3.63) is 29.8 Å². The minimum absolute atomic E-state index is 0.0382. The predicted molar refractivity (Wildman–Crippen MR) is 41.8 cm³/mol. The van der Waals surface area contributed by atoms with Crippen LogP contribution in [0.25, 0.3) is 0 Å². The van der Waals surface area contributed by atoms with Gasteiger partial charge in [0.15, 0.2) is 5.75 Å². The van der Waals surface area contributed by atoms with E-state index in [4.69, 9.17) is 5.26 Å².